The summed E-state index contributed by atoms with van der Waals surface area (Å²) in [6, 6.07) is 16.5. The van der Waals surface area contributed by atoms with E-state index in [0.717, 1.165) is 5.56 Å². The molecule has 0 bridgehead atoms. The lowest BCUT2D eigenvalue weighted by Gasteiger charge is -2.22. The summed E-state index contributed by atoms with van der Waals surface area (Å²) in [5.74, 6) is -0.918. The van der Waals surface area contributed by atoms with Crippen molar-refractivity contribution >= 4 is 17.7 Å². The number of guanidine groups is 1. The van der Waals surface area contributed by atoms with Gasteiger partial charge in [-0.15, -0.1) is 0 Å². The van der Waals surface area contributed by atoms with Gasteiger partial charge in [-0.2, -0.15) is 0 Å². The van der Waals surface area contributed by atoms with E-state index in [1.807, 2.05) is 30.3 Å². The van der Waals surface area contributed by atoms with Gasteiger partial charge in [0.25, 0.3) is 0 Å². The highest BCUT2D eigenvalue weighted by atomic mass is 16.4. The first-order chi connectivity index (χ1) is 12.5. The molecule has 0 aromatic heterocycles. The molecule has 0 radical (unpaired) electrons. The standard InChI is InChI=1S/C19H22N4O3/c1-21-19(20)23(13-17(24)25)22-12-11-14-7-9-16(10-8-14)18(26)15-5-3-2-4-6-15/h2-10,22H,11-13H2,1H3,(H2,20,21)(H,24,25). The second-order valence-corrected chi connectivity index (χ2v) is 5.61. The number of hydrogen-bond acceptors (Lipinski definition) is 4. The van der Waals surface area contributed by atoms with Crippen molar-refractivity contribution < 1.29 is 14.7 Å². The minimum atomic E-state index is -1.01. The van der Waals surface area contributed by atoms with Crippen LogP contribution in [0.3, 0.4) is 0 Å². The van der Waals surface area contributed by atoms with Gasteiger partial charge < -0.3 is 10.8 Å². The van der Waals surface area contributed by atoms with Crippen LogP contribution in [0, 0.1) is 0 Å². The molecule has 2 rings (SSSR count). The quantitative estimate of drug-likeness (QED) is 0.285. The Balaban J connectivity index is 1.93. The lowest BCUT2D eigenvalue weighted by atomic mass is 10.0. The van der Waals surface area contributed by atoms with Crippen molar-refractivity contribution in [3.05, 3.63) is 71.3 Å². The van der Waals surface area contributed by atoms with Crippen molar-refractivity contribution in [2.75, 3.05) is 20.1 Å². The molecular formula is C19H22N4O3. The van der Waals surface area contributed by atoms with Crippen LogP contribution in [0.25, 0.3) is 0 Å². The Morgan fingerprint density at radius 3 is 2.27 bits per heavy atom. The van der Waals surface area contributed by atoms with Gasteiger partial charge in [0.15, 0.2) is 5.78 Å². The smallest absolute Gasteiger partial charge is 0.324 e. The zero-order valence-corrected chi connectivity index (χ0v) is 14.6. The summed E-state index contributed by atoms with van der Waals surface area (Å²) < 4.78 is 0. The van der Waals surface area contributed by atoms with Gasteiger partial charge in [0.2, 0.25) is 5.96 Å². The number of nitrogens with zero attached hydrogens (tertiary/aromatic N) is 2. The fourth-order valence-electron chi connectivity index (χ4n) is 2.39. The van der Waals surface area contributed by atoms with Crippen LogP contribution in [0.5, 0.6) is 0 Å². The highest BCUT2D eigenvalue weighted by Gasteiger charge is 2.11. The van der Waals surface area contributed by atoms with Gasteiger partial charge in [-0.05, 0) is 12.0 Å². The Bertz CT molecular complexity index is 773. The molecule has 0 saturated carbocycles. The van der Waals surface area contributed by atoms with Crippen molar-refractivity contribution in [1.82, 2.24) is 10.4 Å². The fraction of sp³-hybridized carbons (Fsp3) is 0.211. The van der Waals surface area contributed by atoms with E-state index in [1.165, 1.54) is 12.1 Å². The van der Waals surface area contributed by atoms with Gasteiger partial charge in [0.05, 0.1) is 0 Å². The van der Waals surface area contributed by atoms with Crippen LogP contribution < -0.4 is 11.2 Å². The number of carbonyl (C=O) groups excluding carboxylic acids is 1. The number of benzene rings is 2. The topological polar surface area (TPSA) is 108 Å². The average molecular weight is 354 g/mol. The number of carbonyl (C=O) groups is 2. The predicted molar refractivity (Wildman–Crippen MR) is 99.9 cm³/mol. The maximum Gasteiger partial charge on any atom is 0.324 e. The van der Waals surface area contributed by atoms with Crippen LogP contribution >= 0.6 is 0 Å². The highest BCUT2D eigenvalue weighted by Crippen LogP contribution is 2.11. The average Bonchev–Trinajstić information content (AvgIpc) is 2.67. The van der Waals surface area contributed by atoms with E-state index < -0.39 is 5.97 Å². The summed E-state index contributed by atoms with van der Waals surface area (Å²) in [5.41, 5.74) is 10.9. The summed E-state index contributed by atoms with van der Waals surface area (Å²) in [7, 11) is 1.49. The molecule has 0 aliphatic rings. The zero-order chi connectivity index (χ0) is 18.9. The molecule has 136 valence electrons. The van der Waals surface area contributed by atoms with E-state index in [2.05, 4.69) is 10.4 Å². The van der Waals surface area contributed by atoms with Crippen molar-refractivity contribution in [2.24, 2.45) is 10.7 Å². The minimum Gasteiger partial charge on any atom is -0.480 e. The number of aliphatic carboxylic acids is 1. The van der Waals surface area contributed by atoms with Crippen LogP contribution in [-0.2, 0) is 11.2 Å². The maximum atomic E-state index is 12.4. The fourth-order valence-corrected chi connectivity index (χ4v) is 2.39. The summed E-state index contributed by atoms with van der Waals surface area (Å²) in [6.07, 6.45) is 0.646. The van der Waals surface area contributed by atoms with Gasteiger partial charge >= 0.3 is 5.97 Å². The van der Waals surface area contributed by atoms with Crippen LogP contribution in [0.4, 0.5) is 0 Å². The Morgan fingerprint density at radius 1 is 1.08 bits per heavy atom. The SMILES string of the molecule is CN=C(N)N(CC(=O)O)NCCc1ccc(C(=O)c2ccccc2)cc1. The molecule has 0 unspecified atom stereocenters. The number of hydrazine groups is 1. The first kappa shape index (κ1) is 19.1. The van der Waals surface area contributed by atoms with E-state index in [4.69, 9.17) is 10.8 Å². The first-order valence-corrected chi connectivity index (χ1v) is 8.15. The number of nitrogens with one attached hydrogen (secondary N) is 1. The van der Waals surface area contributed by atoms with Crippen molar-refractivity contribution in [1.29, 1.82) is 0 Å². The summed E-state index contributed by atoms with van der Waals surface area (Å²) in [4.78, 5) is 27.0. The van der Waals surface area contributed by atoms with Gasteiger partial charge in [-0.25, -0.2) is 5.43 Å². The molecule has 2 aromatic carbocycles. The lowest BCUT2D eigenvalue weighted by molar-refractivity contribution is -0.137. The van der Waals surface area contributed by atoms with Crippen LogP contribution in [0.2, 0.25) is 0 Å². The third kappa shape index (κ3) is 5.42. The molecule has 0 heterocycles. The summed E-state index contributed by atoms with van der Waals surface area (Å²) in [5, 5.41) is 10.2. The van der Waals surface area contributed by atoms with Gasteiger partial charge in [-0.3, -0.25) is 19.6 Å². The predicted octanol–water partition coefficient (Wildman–Crippen LogP) is 1.30. The van der Waals surface area contributed by atoms with E-state index in [9.17, 15) is 9.59 Å². The Labute approximate surface area is 152 Å². The first-order valence-electron chi connectivity index (χ1n) is 8.15. The highest BCUT2D eigenvalue weighted by molar-refractivity contribution is 6.08. The Kier molecular flexibility index (Phi) is 6.87. The normalized spacial score (nSPS) is 11.2. The van der Waals surface area contributed by atoms with Crippen LogP contribution in [0.15, 0.2) is 59.6 Å². The van der Waals surface area contributed by atoms with E-state index >= 15 is 0 Å². The van der Waals surface area contributed by atoms with Gasteiger partial charge in [0.1, 0.15) is 6.54 Å². The van der Waals surface area contributed by atoms with Crippen molar-refractivity contribution in [2.45, 2.75) is 6.42 Å². The van der Waals surface area contributed by atoms with E-state index in [0.29, 0.717) is 24.1 Å². The molecule has 0 fully saturated rings. The van der Waals surface area contributed by atoms with Crippen molar-refractivity contribution in [3.63, 3.8) is 0 Å². The Morgan fingerprint density at radius 2 is 1.69 bits per heavy atom. The molecule has 0 saturated heterocycles. The lowest BCUT2D eigenvalue weighted by Crippen LogP contribution is -2.50. The third-order valence-corrected chi connectivity index (χ3v) is 3.77. The largest absolute Gasteiger partial charge is 0.480 e. The second-order valence-electron chi connectivity index (χ2n) is 5.61. The molecule has 0 aliphatic heterocycles. The molecule has 0 amide bonds. The monoisotopic (exact) mass is 354 g/mol. The molecule has 0 atom stereocenters. The molecule has 0 spiro atoms. The molecular weight excluding hydrogens is 332 g/mol. The number of nitrogens with two attached hydrogens (primary N) is 1. The summed E-state index contributed by atoms with van der Waals surface area (Å²) >= 11 is 0. The second kappa shape index (κ2) is 9.33. The number of carboxylic acids is 1. The van der Waals surface area contributed by atoms with E-state index in [-0.39, 0.29) is 18.3 Å². The van der Waals surface area contributed by atoms with Crippen LogP contribution in [0.1, 0.15) is 21.5 Å². The summed E-state index contributed by atoms with van der Waals surface area (Å²) in [6.45, 7) is 0.198. The Hall–Kier alpha value is -3.19. The number of hydrogen-bond donors (Lipinski definition) is 3. The number of aliphatic imine (C=N–C) groups is 1. The molecule has 7 heteroatoms. The maximum absolute atomic E-state index is 12.4. The number of rotatable bonds is 8. The molecule has 7 nitrogen and oxygen atoms in total. The minimum absolute atomic E-state index is 0.0187. The number of ketones is 1. The molecule has 2 aromatic rings. The van der Waals surface area contributed by atoms with Gasteiger partial charge in [-0.1, -0.05) is 54.6 Å². The molecule has 4 N–H and O–H groups in total. The number of carboxylic acid groups (broad SMARTS) is 1. The van der Waals surface area contributed by atoms with E-state index in [1.54, 1.807) is 24.3 Å². The third-order valence-electron chi connectivity index (χ3n) is 3.77. The molecule has 26 heavy (non-hydrogen) atoms. The van der Waals surface area contributed by atoms with Gasteiger partial charge in [0, 0.05) is 24.7 Å². The van der Waals surface area contributed by atoms with Crippen LogP contribution in [-0.4, -0.2) is 48.0 Å². The van der Waals surface area contributed by atoms with Crippen molar-refractivity contribution in [3.8, 4) is 0 Å². The zero-order valence-electron chi connectivity index (χ0n) is 14.6. The molecule has 0 aliphatic carbocycles.